The molecule has 0 aliphatic carbocycles. The zero-order valence-corrected chi connectivity index (χ0v) is 17.6. The average molecular weight is 440 g/mol. The summed E-state index contributed by atoms with van der Waals surface area (Å²) in [6.45, 7) is 2.96. The number of para-hydroxylation sites is 2. The number of aromatic nitrogens is 1. The minimum atomic E-state index is -0.411. The molecule has 1 N–H and O–H groups in total. The molecule has 1 aliphatic heterocycles. The van der Waals surface area contributed by atoms with Gasteiger partial charge in [-0.2, -0.15) is 0 Å². The van der Waals surface area contributed by atoms with Crippen molar-refractivity contribution in [3.05, 3.63) is 64.9 Å². The van der Waals surface area contributed by atoms with E-state index in [1.807, 2.05) is 23.1 Å². The Hall–Kier alpha value is -3.46. The molecule has 168 valence electrons. The monoisotopic (exact) mass is 440 g/mol. The lowest BCUT2D eigenvalue weighted by molar-refractivity contribution is -0.133. The molecule has 8 nitrogen and oxygen atoms in total. The van der Waals surface area contributed by atoms with Crippen LogP contribution in [0.4, 0.5) is 10.1 Å². The lowest BCUT2D eigenvalue weighted by atomic mass is 10.2. The molecule has 0 spiro atoms. The maximum Gasteiger partial charge on any atom is 0.419 e. The average Bonchev–Trinajstić information content (AvgIpc) is 3.11. The number of carbonyl (C=O) groups is 2. The second-order valence-corrected chi connectivity index (χ2v) is 7.80. The Morgan fingerprint density at radius 2 is 1.72 bits per heavy atom. The third kappa shape index (κ3) is 5.23. The zero-order chi connectivity index (χ0) is 22.5. The first-order chi connectivity index (χ1) is 15.5. The van der Waals surface area contributed by atoms with E-state index in [0.717, 1.165) is 5.52 Å². The highest BCUT2D eigenvalue weighted by atomic mass is 19.1. The van der Waals surface area contributed by atoms with Crippen LogP contribution < -0.4 is 11.1 Å². The Kier molecular flexibility index (Phi) is 6.65. The van der Waals surface area contributed by atoms with Crippen LogP contribution in [-0.4, -0.2) is 58.9 Å². The van der Waals surface area contributed by atoms with E-state index in [4.69, 9.17) is 4.42 Å². The largest absolute Gasteiger partial charge is 0.419 e. The van der Waals surface area contributed by atoms with Gasteiger partial charge in [-0.25, -0.2) is 9.18 Å². The predicted molar refractivity (Wildman–Crippen MR) is 118 cm³/mol. The Morgan fingerprint density at radius 3 is 2.47 bits per heavy atom. The summed E-state index contributed by atoms with van der Waals surface area (Å²) in [7, 11) is 0. The van der Waals surface area contributed by atoms with E-state index in [0.29, 0.717) is 56.8 Å². The maximum atomic E-state index is 13.0. The van der Waals surface area contributed by atoms with Crippen LogP contribution in [0.5, 0.6) is 0 Å². The van der Waals surface area contributed by atoms with Crippen LogP contribution in [0.25, 0.3) is 11.1 Å². The molecule has 3 aromatic rings. The fourth-order valence-electron chi connectivity index (χ4n) is 3.86. The first kappa shape index (κ1) is 21.8. The van der Waals surface area contributed by atoms with Gasteiger partial charge in [-0.05, 0) is 42.8 Å². The lowest BCUT2D eigenvalue weighted by Crippen LogP contribution is -2.50. The van der Waals surface area contributed by atoms with Gasteiger partial charge >= 0.3 is 5.76 Å². The fraction of sp³-hybridized carbons (Fsp3) is 0.348. The number of halogens is 1. The van der Waals surface area contributed by atoms with E-state index >= 15 is 0 Å². The molecule has 0 atom stereocenters. The summed E-state index contributed by atoms with van der Waals surface area (Å²) < 4.78 is 19.7. The Balaban J connectivity index is 1.19. The normalized spacial score (nSPS) is 14.6. The second kappa shape index (κ2) is 9.78. The number of amides is 2. The van der Waals surface area contributed by atoms with E-state index in [1.165, 1.54) is 24.3 Å². The molecule has 9 heteroatoms. The summed E-state index contributed by atoms with van der Waals surface area (Å²) in [6.07, 6.45) is 0.888. The van der Waals surface area contributed by atoms with Crippen LogP contribution in [0.1, 0.15) is 12.8 Å². The SMILES string of the molecule is O=C(CN1CCN(C(=O)CCCn2c(=O)oc3ccccc32)CC1)Nc1ccc(F)cc1. The van der Waals surface area contributed by atoms with Gasteiger partial charge in [0.1, 0.15) is 5.82 Å². The summed E-state index contributed by atoms with van der Waals surface area (Å²) in [5, 5.41) is 2.75. The molecule has 0 saturated carbocycles. The lowest BCUT2D eigenvalue weighted by Gasteiger charge is -2.34. The van der Waals surface area contributed by atoms with Crippen molar-refractivity contribution < 1.29 is 18.4 Å². The van der Waals surface area contributed by atoms with Gasteiger partial charge in [0, 0.05) is 44.8 Å². The summed E-state index contributed by atoms with van der Waals surface area (Å²) >= 11 is 0. The maximum absolute atomic E-state index is 13.0. The highest BCUT2D eigenvalue weighted by Crippen LogP contribution is 2.13. The third-order valence-electron chi connectivity index (χ3n) is 5.57. The van der Waals surface area contributed by atoms with Crippen LogP contribution in [0.3, 0.4) is 0 Å². The fourth-order valence-corrected chi connectivity index (χ4v) is 3.86. The number of oxazole rings is 1. The van der Waals surface area contributed by atoms with E-state index in [2.05, 4.69) is 5.32 Å². The quantitative estimate of drug-likeness (QED) is 0.609. The molecule has 2 heterocycles. The molecule has 1 fully saturated rings. The van der Waals surface area contributed by atoms with Gasteiger partial charge in [-0.1, -0.05) is 12.1 Å². The molecule has 0 bridgehead atoms. The summed E-state index contributed by atoms with van der Waals surface area (Å²) in [6, 6.07) is 12.9. The van der Waals surface area contributed by atoms with Crippen molar-refractivity contribution in [2.45, 2.75) is 19.4 Å². The molecular formula is C23H25FN4O4. The molecule has 0 unspecified atom stereocenters. The van der Waals surface area contributed by atoms with Crippen molar-refractivity contribution in [1.82, 2.24) is 14.4 Å². The van der Waals surface area contributed by atoms with Crippen LogP contribution in [0.2, 0.25) is 0 Å². The Bertz CT molecular complexity index is 1150. The van der Waals surface area contributed by atoms with Crippen LogP contribution in [0, 0.1) is 5.82 Å². The number of piperazine rings is 1. The van der Waals surface area contributed by atoms with Crippen molar-refractivity contribution in [2.75, 3.05) is 38.0 Å². The smallest absolute Gasteiger partial charge is 0.408 e. The van der Waals surface area contributed by atoms with Gasteiger partial charge in [0.15, 0.2) is 5.58 Å². The Morgan fingerprint density at radius 1 is 1.00 bits per heavy atom. The van der Waals surface area contributed by atoms with Crippen LogP contribution in [-0.2, 0) is 16.1 Å². The number of nitrogens with one attached hydrogen (secondary N) is 1. The molecular weight excluding hydrogens is 415 g/mol. The molecule has 1 aliphatic rings. The van der Waals surface area contributed by atoms with E-state index in [9.17, 15) is 18.8 Å². The van der Waals surface area contributed by atoms with Gasteiger partial charge < -0.3 is 14.6 Å². The number of anilines is 1. The molecule has 2 amide bonds. The molecule has 4 rings (SSSR count). The number of hydrogen-bond donors (Lipinski definition) is 1. The van der Waals surface area contributed by atoms with Crippen molar-refractivity contribution in [1.29, 1.82) is 0 Å². The van der Waals surface area contributed by atoms with Crippen molar-refractivity contribution in [3.63, 3.8) is 0 Å². The van der Waals surface area contributed by atoms with E-state index in [-0.39, 0.29) is 24.2 Å². The summed E-state index contributed by atoms with van der Waals surface area (Å²) in [5.74, 6) is -0.893. The molecule has 1 saturated heterocycles. The highest BCUT2D eigenvalue weighted by Gasteiger charge is 2.22. The van der Waals surface area contributed by atoms with Crippen molar-refractivity contribution >= 4 is 28.6 Å². The van der Waals surface area contributed by atoms with E-state index in [1.54, 1.807) is 15.5 Å². The first-order valence-electron chi connectivity index (χ1n) is 10.6. The second-order valence-electron chi connectivity index (χ2n) is 7.80. The van der Waals surface area contributed by atoms with Gasteiger partial charge in [0.05, 0.1) is 12.1 Å². The van der Waals surface area contributed by atoms with Gasteiger partial charge in [-0.15, -0.1) is 0 Å². The number of nitrogens with zero attached hydrogens (tertiary/aromatic N) is 3. The summed E-state index contributed by atoms with van der Waals surface area (Å²) in [4.78, 5) is 40.6. The van der Waals surface area contributed by atoms with Gasteiger partial charge in [-0.3, -0.25) is 19.1 Å². The number of benzene rings is 2. The standard InChI is InChI=1S/C23H25FN4O4/c24-17-7-9-18(10-8-17)25-21(29)16-26-12-14-27(15-13-26)22(30)6-3-11-28-19-4-1-2-5-20(19)32-23(28)31/h1-2,4-5,7-10H,3,6,11-16H2,(H,25,29). The molecule has 1 aromatic heterocycles. The highest BCUT2D eigenvalue weighted by molar-refractivity contribution is 5.92. The zero-order valence-electron chi connectivity index (χ0n) is 17.6. The number of aryl methyl sites for hydroxylation is 1. The Labute approximate surface area is 184 Å². The third-order valence-corrected chi connectivity index (χ3v) is 5.57. The van der Waals surface area contributed by atoms with Crippen LogP contribution in [0.15, 0.2) is 57.7 Å². The van der Waals surface area contributed by atoms with Gasteiger partial charge in [0.25, 0.3) is 0 Å². The van der Waals surface area contributed by atoms with Gasteiger partial charge in [0.2, 0.25) is 11.8 Å². The van der Waals surface area contributed by atoms with E-state index < -0.39 is 5.76 Å². The minimum Gasteiger partial charge on any atom is -0.408 e. The number of fused-ring (bicyclic) bond motifs is 1. The number of rotatable bonds is 7. The topological polar surface area (TPSA) is 87.8 Å². The number of carbonyl (C=O) groups excluding carboxylic acids is 2. The number of hydrogen-bond acceptors (Lipinski definition) is 5. The van der Waals surface area contributed by atoms with Crippen LogP contribution >= 0.6 is 0 Å². The minimum absolute atomic E-state index is 0.0428. The molecule has 32 heavy (non-hydrogen) atoms. The van der Waals surface area contributed by atoms with Crippen molar-refractivity contribution in [3.8, 4) is 0 Å². The molecule has 2 aromatic carbocycles. The summed E-state index contributed by atoms with van der Waals surface area (Å²) in [5.41, 5.74) is 1.83. The first-order valence-corrected chi connectivity index (χ1v) is 10.6. The molecule has 0 radical (unpaired) electrons. The predicted octanol–water partition coefficient (Wildman–Crippen LogP) is 2.30. The van der Waals surface area contributed by atoms with Crippen molar-refractivity contribution in [2.24, 2.45) is 0 Å².